The predicted octanol–water partition coefficient (Wildman–Crippen LogP) is 4.34. The van der Waals surface area contributed by atoms with E-state index in [1.54, 1.807) is 24.3 Å². The Morgan fingerprint density at radius 1 is 0.760 bits per heavy atom. The maximum Gasteiger partial charge on any atom is 0.339 e. The number of halogens is 1. The highest BCUT2D eigenvalue weighted by Crippen LogP contribution is 2.21. The first-order valence-corrected chi connectivity index (χ1v) is 9.14. The van der Waals surface area contributed by atoms with E-state index in [0.717, 1.165) is 0 Å². The lowest BCUT2D eigenvalue weighted by Gasteiger charge is -2.08. The highest BCUT2D eigenvalue weighted by Gasteiger charge is 2.17. The molecule has 0 amide bonds. The second-order valence-corrected chi connectivity index (χ2v) is 7.19. The van der Waals surface area contributed by atoms with Crippen LogP contribution in [0.4, 0.5) is 0 Å². The summed E-state index contributed by atoms with van der Waals surface area (Å²) < 4.78 is 29.5. The molecule has 3 aromatic carbocycles. The molecule has 0 atom stereocenters. The average Bonchev–Trinajstić information content (AvgIpc) is 2.62. The van der Waals surface area contributed by atoms with Gasteiger partial charge in [-0.05, 0) is 48.5 Å². The van der Waals surface area contributed by atoms with E-state index < -0.39 is 10.1 Å². The summed E-state index contributed by atoms with van der Waals surface area (Å²) in [6, 6.07) is 20.5. The molecule has 0 heterocycles. The number of carbonyl (C=O) groups excluding carboxylic acids is 1. The van der Waals surface area contributed by atoms with Gasteiger partial charge in [0.05, 0.1) is 0 Å². The number of ketones is 1. The van der Waals surface area contributed by atoms with Crippen molar-refractivity contribution in [2.24, 2.45) is 0 Å². The topological polar surface area (TPSA) is 60.4 Å². The van der Waals surface area contributed by atoms with Crippen LogP contribution < -0.4 is 4.18 Å². The molecule has 25 heavy (non-hydrogen) atoms. The van der Waals surface area contributed by atoms with Crippen LogP contribution >= 0.6 is 11.6 Å². The van der Waals surface area contributed by atoms with Crippen molar-refractivity contribution in [1.29, 1.82) is 0 Å². The second kappa shape index (κ2) is 7.09. The number of rotatable bonds is 5. The zero-order valence-corrected chi connectivity index (χ0v) is 14.5. The molecule has 3 rings (SSSR count). The molecular weight excluding hydrogens is 360 g/mol. The molecule has 0 aromatic heterocycles. The highest BCUT2D eigenvalue weighted by atomic mass is 35.5. The van der Waals surface area contributed by atoms with Crippen LogP contribution in [0.3, 0.4) is 0 Å². The summed E-state index contributed by atoms with van der Waals surface area (Å²) in [7, 11) is -3.96. The third kappa shape index (κ3) is 4.07. The van der Waals surface area contributed by atoms with E-state index in [4.69, 9.17) is 15.8 Å². The molecule has 0 aliphatic heterocycles. The normalized spacial score (nSPS) is 11.1. The Labute approximate surface area is 150 Å². The van der Waals surface area contributed by atoms with E-state index in [2.05, 4.69) is 0 Å². The SMILES string of the molecule is O=C(c1ccccc1)c1ccc(OS(=O)(=O)c2ccc(Cl)cc2)cc1. The average molecular weight is 373 g/mol. The summed E-state index contributed by atoms with van der Waals surface area (Å²) in [4.78, 5) is 12.3. The first-order valence-electron chi connectivity index (χ1n) is 7.35. The zero-order valence-electron chi connectivity index (χ0n) is 12.9. The fraction of sp³-hybridized carbons (Fsp3) is 0. The van der Waals surface area contributed by atoms with Crippen LogP contribution in [0.25, 0.3) is 0 Å². The van der Waals surface area contributed by atoms with Crippen molar-refractivity contribution in [3.63, 3.8) is 0 Å². The Hall–Kier alpha value is -2.63. The molecule has 0 fully saturated rings. The van der Waals surface area contributed by atoms with E-state index in [-0.39, 0.29) is 16.4 Å². The quantitative estimate of drug-likeness (QED) is 0.493. The third-order valence-electron chi connectivity index (χ3n) is 3.46. The predicted molar refractivity (Wildman–Crippen MR) is 95.6 cm³/mol. The van der Waals surface area contributed by atoms with Gasteiger partial charge in [0.2, 0.25) is 0 Å². The summed E-state index contributed by atoms with van der Waals surface area (Å²) in [5.74, 6) is -0.0210. The van der Waals surface area contributed by atoms with E-state index >= 15 is 0 Å². The number of benzene rings is 3. The Morgan fingerprint density at radius 2 is 1.32 bits per heavy atom. The summed E-state index contributed by atoms with van der Waals surface area (Å²) in [5, 5.41) is 0.433. The summed E-state index contributed by atoms with van der Waals surface area (Å²) in [6.07, 6.45) is 0. The molecule has 3 aromatic rings. The van der Waals surface area contributed by atoms with E-state index in [1.165, 1.54) is 48.5 Å². The maximum absolute atomic E-state index is 12.3. The van der Waals surface area contributed by atoms with Gasteiger partial charge >= 0.3 is 10.1 Å². The van der Waals surface area contributed by atoms with E-state index in [9.17, 15) is 13.2 Å². The van der Waals surface area contributed by atoms with Crippen molar-refractivity contribution in [3.05, 3.63) is 95.0 Å². The van der Waals surface area contributed by atoms with Gasteiger partial charge in [0.25, 0.3) is 0 Å². The molecule has 6 heteroatoms. The standard InChI is InChI=1S/C19H13ClO4S/c20-16-8-12-18(13-9-16)25(22,23)24-17-10-6-15(7-11-17)19(21)14-4-2-1-3-5-14/h1-13H. The largest absolute Gasteiger partial charge is 0.379 e. The van der Waals surface area contributed by atoms with E-state index in [1.807, 2.05) is 6.07 Å². The number of hydrogen-bond donors (Lipinski definition) is 0. The van der Waals surface area contributed by atoms with Crippen molar-refractivity contribution in [1.82, 2.24) is 0 Å². The van der Waals surface area contributed by atoms with Crippen molar-refractivity contribution >= 4 is 27.5 Å². The molecule has 0 aliphatic rings. The van der Waals surface area contributed by atoms with Gasteiger partial charge in [-0.25, -0.2) is 0 Å². The van der Waals surface area contributed by atoms with Crippen LogP contribution in [0.5, 0.6) is 5.75 Å². The minimum atomic E-state index is -3.96. The monoisotopic (exact) mass is 372 g/mol. The first kappa shape index (κ1) is 17.2. The van der Waals surface area contributed by atoms with Gasteiger partial charge in [-0.2, -0.15) is 8.42 Å². The zero-order chi connectivity index (χ0) is 17.9. The lowest BCUT2D eigenvalue weighted by Crippen LogP contribution is -2.09. The highest BCUT2D eigenvalue weighted by molar-refractivity contribution is 7.87. The van der Waals surface area contributed by atoms with Gasteiger partial charge in [0.1, 0.15) is 10.6 Å². The Bertz CT molecular complexity index is 980. The molecule has 0 spiro atoms. The Balaban J connectivity index is 1.79. The van der Waals surface area contributed by atoms with Gasteiger partial charge in [-0.15, -0.1) is 0 Å². The molecule has 0 unspecified atom stereocenters. The molecule has 0 N–H and O–H groups in total. The van der Waals surface area contributed by atoms with Crippen molar-refractivity contribution < 1.29 is 17.4 Å². The maximum atomic E-state index is 12.3. The minimum Gasteiger partial charge on any atom is -0.379 e. The molecule has 0 saturated carbocycles. The molecular formula is C19H13ClO4S. The Kier molecular flexibility index (Phi) is 4.88. The number of hydrogen-bond acceptors (Lipinski definition) is 4. The summed E-state index contributed by atoms with van der Waals surface area (Å²) >= 11 is 5.75. The van der Waals surface area contributed by atoms with Crippen LogP contribution in [0, 0.1) is 0 Å². The lowest BCUT2D eigenvalue weighted by atomic mass is 10.0. The van der Waals surface area contributed by atoms with Crippen LogP contribution in [-0.4, -0.2) is 14.2 Å². The minimum absolute atomic E-state index is 0.00124. The molecule has 0 aliphatic carbocycles. The fourth-order valence-corrected chi connectivity index (χ4v) is 3.25. The number of carbonyl (C=O) groups is 1. The Morgan fingerprint density at radius 3 is 1.92 bits per heavy atom. The van der Waals surface area contributed by atoms with E-state index in [0.29, 0.717) is 16.1 Å². The molecule has 126 valence electrons. The smallest absolute Gasteiger partial charge is 0.339 e. The molecule has 0 saturated heterocycles. The van der Waals surface area contributed by atoms with Gasteiger partial charge in [-0.3, -0.25) is 4.79 Å². The van der Waals surface area contributed by atoms with Gasteiger partial charge < -0.3 is 4.18 Å². The van der Waals surface area contributed by atoms with Gasteiger partial charge in [-0.1, -0.05) is 41.9 Å². The molecule has 0 bridgehead atoms. The van der Waals surface area contributed by atoms with Gasteiger partial charge in [0.15, 0.2) is 5.78 Å². The van der Waals surface area contributed by atoms with Crippen molar-refractivity contribution in [2.45, 2.75) is 4.90 Å². The first-order chi connectivity index (χ1) is 12.0. The van der Waals surface area contributed by atoms with Crippen LogP contribution in [0.2, 0.25) is 5.02 Å². The van der Waals surface area contributed by atoms with Crippen molar-refractivity contribution in [3.8, 4) is 5.75 Å². The summed E-state index contributed by atoms with van der Waals surface area (Å²) in [5.41, 5.74) is 1.01. The van der Waals surface area contributed by atoms with Crippen LogP contribution in [0.15, 0.2) is 83.8 Å². The van der Waals surface area contributed by atoms with Gasteiger partial charge in [0, 0.05) is 16.1 Å². The third-order valence-corrected chi connectivity index (χ3v) is 4.97. The summed E-state index contributed by atoms with van der Waals surface area (Å²) in [6.45, 7) is 0. The van der Waals surface area contributed by atoms with Crippen LogP contribution in [-0.2, 0) is 10.1 Å². The molecule has 4 nitrogen and oxygen atoms in total. The van der Waals surface area contributed by atoms with Crippen LogP contribution in [0.1, 0.15) is 15.9 Å². The van der Waals surface area contributed by atoms with Crippen molar-refractivity contribution in [2.75, 3.05) is 0 Å². The lowest BCUT2D eigenvalue weighted by molar-refractivity contribution is 0.103. The second-order valence-electron chi connectivity index (χ2n) is 5.21. The molecule has 0 radical (unpaired) electrons. The fourth-order valence-electron chi connectivity index (χ4n) is 2.19.